The summed E-state index contributed by atoms with van der Waals surface area (Å²) in [6.07, 6.45) is 2.35. The van der Waals surface area contributed by atoms with Crippen molar-refractivity contribution in [3.8, 4) is 5.75 Å². The highest BCUT2D eigenvalue weighted by atomic mass is 16.5. The molecule has 1 aromatic carbocycles. The second kappa shape index (κ2) is 8.25. The number of hydrogen-bond acceptors (Lipinski definition) is 4. The lowest BCUT2D eigenvalue weighted by molar-refractivity contribution is 0.250. The van der Waals surface area contributed by atoms with E-state index in [1.165, 1.54) is 25.1 Å². The summed E-state index contributed by atoms with van der Waals surface area (Å²) in [6.45, 7) is 7.63. The van der Waals surface area contributed by atoms with Crippen LogP contribution in [0.25, 0.3) is 0 Å². The first-order chi connectivity index (χ1) is 9.81. The molecule has 2 rings (SSSR count). The van der Waals surface area contributed by atoms with Crippen molar-refractivity contribution >= 4 is 0 Å². The minimum absolute atomic E-state index is 0.796. The summed E-state index contributed by atoms with van der Waals surface area (Å²) < 4.78 is 5.29. The fourth-order valence-electron chi connectivity index (χ4n) is 2.75. The lowest BCUT2D eigenvalue weighted by Gasteiger charge is -2.21. The van der Waals surface area contributed by atoms with Gasteiger partial charge in [0.05, 0.1) is 7.11 Å². The van der Waals surface area contributed by atoms with Gasteiger partial charge in [-0.15, -0.1) is 0 Å². The maximum absolute atomic E-state index is 5.59. The first-order valence-electron chi connectivity index (χ1n) is 7.59. The van der Waals surface area contributed by atoms with Crippen LogP contribution in [0.15, 0.2) is 24.3 Å². The quantitative estimate of drug-likeness (QED) is 0.856. The first-order valence-corrected chi connectivity index (χ1v) is 7.59. The zero-order valence-electron chi connectivity index (χ0n) is 12.6. The molecule has 0 amide bonds. The van der Waals surface area contributed by atoms with E-state index in [0.29, 0.717) is 0 Å². The van der Waals surface area contributed by atoms with E-state index in [1.54, 1.807) is 7.11 Å². The molecule has 1 aliphatic rings. The predicted octanol–water partition coefficient (Wildman–Crippen LogP) is 1.55. The van der Waals surface area contributed by atoms with E-state index in [0.717, 1.165) is 44.9 Å². The van der Waals surface area contributed by atoms with E-state index in [-0.39, 0.29) is 0 Å². The van der Waals surface area contributed by atoms with Gasteiger partial charge in [0, 0.05) is 19.6 Å². The van der Waals surface area contributed by atoms with Gasteiger partial charge in [-0.2, -0.15) is 0 Å². The third-order valence-corrected chi connectivity index (χ3v) is 3.90. The van der Waals surface area contributed by atoms with Crippen molar-refractivity contribution in [2.24, 2.45) is 5.73 Å². The number of nitrogens with two attached hydrogens (primary N) is 1. The van der Waals surface area contributed by atoms with Gasteiger partial charge >= 0.3 is 0 Å². The lowest BCUT2D eigenvalue weighted by atomic mass is 10.2. The Balaban J connectivity index is 1.84. The number of ether oxygens (including phenoxy) is 1. The third kappa shape index (κ3) is 4.78. The summed E-state index contributed by atoms with van der Waals surface area (Å²) in [5.41, 5.74) is 6.93. The van der Waals surface area contributed by atoms with Crippen molar-refractivity contribution in [1.82, 2.24) is 9.80 Å². The molecule has 0 bridgehead atoms. The predicted molar refractivity (Wildman–Crippen MR) is 83.0 cm³/mol. The molecule has 0 spiro atoms. The summed E-state index contributed by atoms with van der Waals surface area (Å²) in [7, 11) is 1.72. The van der Waals surface area contributed by atoms with Gasteiger partial charge < -0.3 is 15.4 Å². The summed E-state index contributed by atoms with van der Waals surface area (Å²) in [5.74, 6) is 0.946. The summed E-state index contributed by atoms with van der Waals surface area (Å²) >= 11 is 0. The van der Waals surface area contributed by atoms with Crippen molar-refractivity contribution in [1.29, 1.82) is 0 Å². The molecule has 1 aliphatic heterocycles. The normalized spacial score (nSPS) is 17.9. The van der Waals surface area contributed by atoms with Crippen molar-refractivity contribution in [3.63, 3.8) is 0 Å². The standard InChI is InChI=1S/C16H27N3O/c1-20-16-6-2-5-15(13-16)14-19-10-4-9-18(11-12-19)8-3-7-17/h2,5-6,13H,3-4,7-12,14,17H2,1H3. The molecule has 4 heteroatoms. The Morgan fingerprint density at radius 2 is 1.95 bits per heavy atom. The Bertz CT molecular complexity index is 397. The van der Waals surface area contributed by atoms with E-state index < -0.39 is 0 Å². The molecule has 20 heavy (non-hydrogen) atoms. The van der Waals surface area contributed by atoms with Gasteiger partial charge in [-0.3, -0.25) is 4.90 Å². The van der Waals surface area contributed by atoms with Crippen LogP contribution in [0.5, 0.6) is 5.75 Å². The molecule has 0 radical (unpaired) electrons. The molecule has 1 saturated heterocycles. The second-order valence-corrected chi connectivity index (χ2v) is 5.47. The molecular formula is C16H27N3O. The molecule has 4 nitrogen and oxygen atoms in total. The molecule has 1 aromatic rings. The number of rotatable bonds is 6. The van der Waals surface area contributed by atoms with Gasteiger partial charge in [0.2, 0.25) is 0 Å². The van der Waals surface area contributed by atoms with Crippen LogP contribution in [0.4, 0.5) is 0 Å². The Morgan fingerprint density at radius 3 is 2.75 bits per heavy atom. The van der Waals surface area contributed by atoms with E-state index in [1.807, 2.05) is 6.07 Å². The van der Waals surface area contributed by atoms with E-state index in [2.05, 4.69) is 28.0 Å². The maximum Gasteiger partial charge on any atom is 0.119 e. The van der Waals surface area contributed by atoms with E-state index in [4.69, 9.17) is 10.5 Å². The van der Waals surface area contributed by atoms with Crippen LogP contribution < -0.4 is 10.5 Å². The Morgan fingerprint density at radius 1 is 1.15 bits per heavy atom. The molecule has 0 atom stereocenters. The number of methoxy groups -OCH3 is 1. The Kier molecular flexibility index (Phi) is 6.30. The van der Waals surface area contributed by atoms with Crippen LogP contribution in [0, 0.1) is 0 Å². The third-order valence-electron chi connectivity index (χ3n) is 3.90. The molecule has 0 saturated carbocycles. The molecule has 0 aliphatic carbocycles. The van der Waals surface area contributed by atoms with Crippen molar-refractivity contribution in [3.05, 3.63) is 29.8 Å². The van der Waals surface area contributed by atoms with E-state index in [9.17, 15) is 0 Å². The van der Waals surface area contributed by atoms with E-state index >= 15 is 0 Å². The number of benzene rings is 1. The van der Waals surface area contributed by atoms with Crippen molar-refractivity contribution in [2.45, 2.75) is 19.4 Å². The fraction of sp³-hybridized carbons (Fsp3) is 0.625. The van der Waals surface area contributed by atoms with Gasteiger partial charge in [0.25, 0.3) is 0 Å². The monoisotopic (exact) mass is 277 g/mol. The van der Waals surface area contributed by atoms with Gasteiger partial charge in [0.1, 0.15) is 5.75 Å². The molecule has 2 N–H and O–H groups in total. The highest BCUT2D eigenvalue weighted by molar-refractivity contribution is 5.28. The van der Waals surface area contributed by atoms with Crippen molar-refractivity contribution < 1.29 is 4.74 Å². The second-order valence-electron chi connectivity index (χ2n) is 5.47. The number of nitrogens with zero attached hydrogens (tertiary/aromatic N) is 2. The zero-order chi connectivity index (χ0) is 14.2. The topological polar surface area (TPSA) is 41.7 Å². The van der Waals surface area contributed by atoms with Crippen LogP contribution in [-0.2, 0) is 6.54 Å². The molecular weight excluding hydrogens is 250 g/mol. The van der Waals surface area contributed by atoms with Crippen LogP contribution in [0.2, 0.25) is 0 Å². The highest BCUT2D eigenvalue weighted by Crippen LogP contribution is 2.15. The SMILES string of the molecule is COc1cccc(CN2CCCN(CCCN)CC2)c1. The smallest absolute Gasteiger partial charge is 0.119 e. The average Bonchev–Trinajstić information content (AvgIpc) is 2.71. The minimum Gasteiger partial charge on any atom is -0.497 e. The average molecular weight is 277 g/mol. The van der Waals surface area contributed by atoms with Crippen LogP contribution >= 0.6 is 0 Å². The van der Waals surface area contributed by atoms with Gasteiger partial charge in [0.15, 0.2) is 0 Å². The zero-order valence-corrected chi connectivity index (χ0v) is 12.6. The summed E-state index contributed by atoms with van der Waals surface area (Å²) in [5, 5.41) is 0. The Labute approximate surface area is 122 Å². The Hall–Kier alpha value is -1.10. The maximum atomic E-state index is 5.59. The van der Waals surface area contributed by atoms with Crippen LogP contribution in [0.1, 0.15) is 18.4 Å². The molecule has 112 valence electrons. The molecule has 1 heterocycles. The fourth-order valence-corrected chi connectivity index (χ4v) is 2.75. The minimum atomic E-state index is 0.796. The summed E-state index contributed by atoms with van der Waals surface area (Å²) in [4.78, 5) is 5.08. The van der Waals surface area contributed by atoms with Gasteiger partial charge in [-0.25, -0.2) is 0 Å². The number of hydrogen-bond donors (Lipinski definition) is 1. The summed E-state index contributed by atoms with van der Waals surface area (Å²) in [6, 6.07) is 8.39. The van der Waals surface area contributed by atoms with Crippen LogP contribution in [0.3, 0.4) is 0 Å². The van der Waals surface area contributed by atoms with Crippen molar-refractivity contribution in [2.75, 3.05) is 46.4 Å². The molecule has 0 aromatic heterocycles. The highest BCUT2D eigenvalue weighted by Gasteiger charge is 2.14. The van der Waals surface area contributed by atoms with Crippen LogP contribution in [-0.4, -0.2) is 56.2 Å². The van der Waals surface area contributed by atoms with Gasteiger partial charge in [-0.05, 0) is 56.7 Å². The van der Waals surface area contributed by atoms with Gasteiger partial charge in [-0.1, -0.05) is 12.1 Å². The first kappa shape index (κ1) is 15.3. The molecule has 1 fully saturated rings. The molecule has 0 unspecified atom stereocenters. The lowest BCUT2D eigenvalue weighted by Crippen LogP contribution is -2.31. The largest absolute Gasteiger partial charge is 0.497 e.